The quantitative estimate of drug-likeness (QED) is 0.173. The van der Waals surface area contributed by atoms with E-state index in [1.165, 1.54) is 24.3 Å². The van der Waals surface area contributed by atoms with Gasteiger partial charge in [-0.15, -0.1) is 12.1 Å². The summed E-state index contributed by atoms with van der Waals surface area (Å²) in [6.45, 7) is 3.86. The van der Waals surface area contributed by atoms with Crippen molar-refractivity contribution in [2.75, 3.05) is 0 Å². The van der Waals surface area contributed by atoms with Gasteiger partial charge in [-0.05, 0) is 35.8 Å². The number of nitro groups is 2. The minimum absolute atomic E-state index is 0. The first-order valence-electron chi connectivity index (χ1n) is 9.78. The van der Waals surface area contributed by atoms with E-state index >= 15 is 0 Å². The Morgan fingerprint density at radius 1 is 0.706 bits per heavy atom. The van der Waals surface area contributed by atoms with E-state index < -0.39 is 15.3 Å². The van der Waals surface area contributed by atoms with Crippen molar-refractivity contribution in [3.63, 3.8) is 0 Å². The second-order valence-electron chi connectivity index (χ2n) is 7.55. The van der Waals surface area contributed by atoms with Gasteiger partial charge in [0.05, 0.1) is 11.4 Å². The standard InChI is InChI=1S/C23H16N6O4.Pt/c1-23(2,19-11-3-7-15(24-19)17-9-5-13-21(26-17)28(30)31)20-12-4-8-16(25-20)18-10-6-14-22(27-18)29(32)33;/h3-8,11-14H,1-2H3;/q-2;+2. The second kappa shape index (κ2) is 9.92. The van der Waals surface area contributed by atoms with Crippen molar-refractivity contribution in [3.8, 4) is 22.8 Å². The third-order valence-corrected chi connectivity index (χ3v) is 5.00. The van der Waals surface area contributed by atoms with Crippen LogP contribution in [0.15, 0.2) is 60.7 Å². The van der Waals surface area contributed by atoms with Gasteiger partial charge in [0.15, 0.2) is 0 Å². The van der Waals surface area contributed by atoms with E-state index in [1.54, 1.807) is 24.3 Å². The van der Waals surface area contributed by atoms with Gasteiger partial charge in [0.2, 0.25) is 0 Å². The Morgan fingerprint density at radius 3 is 1.50 bits per heavy atom. The van der Waals surface area contributed by atoms with Crippen LogP contribution < -0.4 is 0 Å². The third kappa shape index (κ3) is 5.02. The molecule has 11 heteroatoms. The van der Waals surface area contributed by atoms with E-state index in [9.17, 15) is 20.2 Å². The van der Waals surface area contributed by atoms with Gasteiger partial charge in [-0.2, -0.15) is 12.1 Å². The topological polar surface area (TPSA) is 138 Å². The molecule has 4 aromatic heterocycles. The predicted molar refractivity (Wildman–Crippen MR) is 118 cm³/mol. The number of rotatable bonds is 6. The van der Waals surface area contributed by atoms with Crippen molar-refractivity contribution < 1.29 is 30.9 Å². The molecular formula is C23H16N6O4Pt. The molecule has 0 saturated carbocycles. The molecule has 0 spiro atoms. The summed E-state index contributed by atoms with van der Waals surface area (Å²) < 4.78 is 0. The average Bonchev–Trinajstić information content (AvgIpc) is 2.84. The molecular weight excluding hydrogens is 619 g/mol. The fourth-order valence-electron chi connectivity index (χ4n) is 3.18. The largest absolute Gasteiger partial charge is 2.00 e. The maximum atomic E-state index is 11.1. The SMILES string of the molecule is CC(C)(c1cccc(-c2[c-]ccc([N+](=O)[O-])n2)n1)c1cccc(-c2[c-]ccc([N+](=O)[O-])n2)n1.[Pt+2]. The molecule has 4 heterocycles. The number of aromatic nitrogens is 4. The van der Waals surface area contributed by atoms with Crippen LogP contribution >= 0.6 is 0 Å². The molecule has 0 aromatic carbocycles. The van der Waals surface area contributed by atoms with Crippen LogP contribution in [0.2, 0.25) is 0 Å². The molecule has 0 radical (unpaired) electrons. The minimum atomic E-state index is -0.673. The molecule has 0 bridgehead atoms. The van der Waals surface area contributed by atoms with Crippen molar-refractivity contribution >= 4 is 11.6 Å². The maximum Gasteiger partial charge on any atom is 2.00 e. The molecule has 4 aromatic rings. The summed E-state index contributed by atoms with van der Waals surface area (Å²) in [5, 5.41) is 22.1. The molecule has 0 aliphatic carbocycles. The Balaban J connectivity index is 0.00000324. The van der Waals surface area contributed by atoms with Crippen LogP contribution in [0, 0.1) is 32.4 Å². The van der Waals surface area contributed by atoms with Crippen molar-refractivity contribution in [1.82, 2.24) is 19.9 Å². The molecule has 0 amide bonds. The molecule has 0 saturated heterocycles. The van der Waals surface area contributed by atoms with Crippen LogP contribution in [-0.4, -0.2) is 29.8 Å². The molecule has 34 heavy (non-hydrogen) atoms. The maximum absolute atomic E-state index is 11.1. The van der Waals surface area contributed by atoms with Crippen LogP contribution in [0.25, 0.3) is 22.8 Å². The van der Waals surface area contributed by atoms with Crippen molar-refractivity contribution in [2.45, 2.75) is 19.3 Å². The van der Waals surface area contributed by atoms with Gasteiger partial charge in [-0.25, -0.2) is 0 Å². The summed E-state index contributed by atoms with van der Waals surface area (Å²) in [6.07, 6.45) is 0. The van der Waals surface area contributed by atoms with Crippen LogP contribution in [0.1, 0.15) is 25.2 Å². The minimum Gasteiger partial charge on any atom is -0.359 e. The Bertz CT molecular complexity index is 1280. The first-order valence-corrected chi connectivity index (χ1v) is 9.78. The third-order valence-electron chi connectivity index (χ3n) is 5.00. The van der Waals surface area contributed by atoms with Gasteiger partial charge in [0.25, 0.3) is 0 Å². The molecule has 10 nitrogen and oxygen atoms in total. The number of hydrogen-bond donors (Lipinski definition) is 0. The van der Waals surface area contributed by atoms with Crippen LogP contribution in [0.4, 0.5) is 11.6 Å². The van der Waals surface area contributed by atoms with E-state index in [1.807, 2.05) is 26.0 Å². The Labute approximate surface area is 208 Å². The van der Waals surface area contributed by atoms with Crippen molar-refractivity contribution in [1.29, 1.82) is 0 Å². The number of nitrogens with zero attached hydrogens (tertiary/aromatic N) is 6. The van der Waals surface area contributed by atoms with Gasteiger partial charge in [0, 0.05) is 28.2 Å². The average molecular weight is 635 g/mol. The van der Waals surface area contributed by atoms with E-state index in [4.69, 9.17) is 0 Å². The first-order chi connectivity index (χ1) is 15.8. The monoisotopic (exact) mass is 635 g/mol. The molecule has 0 atom stereocenters. The summed E-state index contributed by atoms with van der Waals surface area (Å²) in [7, 11) is 0. The van der Waals surface area contributed by atoms with Gasteiger partial charge in [0.1, 0.15) is 0 Å². The molecule has 0 aliphatic heterocycles. The van der Waals surface area contributed by atoms with Gasteiger partial charge >= 0.3 is 32.7 Å². The van der Waals surface area contributed by atoms with Crippen LogP contribution in [0.3, 0.4) is 0 Å². The fourth-order valence-corrected chi connectivity index (χ4v) is 3.18. The summed E-state index contributed by atoms with van der Waals surface area (Å²) in [6, 6.07) is 21.8. The molecule has 0 unspecified atom stereocenters. The Morgan fingerprint density at radius 2 is 1.12 bits per heavy atom. The summed E-state index contributed by atoms with van der Waals surface area (Å²) >= 11 is 0. The molecule has 0 aliphatic rings. The van der Waals surface area contributed by atoms with E-state index in [0.717, 1.165) is 0 Å². The zero-order chi connectivity index (χ0) is 23.6. The fraction of sp³-hybridized carbons (Fsp3) is 0.130. The van der Waals surface area contributed by atoms with Gasteiger partial charge < -0.3 is 30.2 Å². The number of hydrogen-bond acceptors (Lipinski definition) is 8. The second-order valence-corrected chi connectivity index (χ2v) is 7.55. The summed E-state index contributed by atoms with van der Waals surface area (Å²) in [4.78, 5) is 38.3. The van der Waals surface area contributed by atoms with E-state index in [2.05, 4.69) is 32.1 Å². The number of pyridine rings is 4. The zero-order valence-electron chi connectivity index (χ0n) is 17.9. The molecule has 172 valence electrons. The zero-order valence-corrected chi connectivity index (χ0v) is 20.2. The Kier molecular flexibility index (Phi) is 7.22. The molecule has 0 N–H and O–H groups in total. The van der Waals surface area contributed by atoms with Crippen molar-refractivity contribution in [3.05, 3.63) is 104 Å². The van der Waals surface area contributed by atoms with Gasteiger partial charge in [-0.1, -0.05) is 46.4 Å². The van der Waals surface area contributed by atoms with Crippen LogP contribution in [-0.2, 0) is 26.5 Å². The first kappa shape index (κ1) is 24.7. The normalized spacial score (nSPS) is 10.9. The molecule has 4 rings (SSSR count). The Hall–Kier alpha value is -3.91. The van der Waals surface area contributed by atoms with E-state index in [0.29, 0.717) is 22.8 Å². The summed E-state index contributed by atoms with van der Waals surface area (Å²) in [5.74, 6) is -0.574. The molecule has 0 fully saturated rings. The van der Waals surface area contributed by atoms with Gasteiger partial charge in [-0.3, -0.25) is 0 Å². The van der Waals surface area contributed by atoms with E-state index in [-0.39, 0.29) is 44.1 Å². The predicted octanol–water partition coefficient (Wildman–Crippen LogP) is 4.34. The smallest absolute Gasteiger partial charge is 0.359 e. The van der Waals surface area contributed by atoms with Crippen molar-refractivity contribution in [2.24, 2.45) is 0 Å². The summed E-state index contributed by atoms with van der Waals surface area (Å²) in [5.41, 5.74) is 2.04. The van der Waals surface area contributed by atoms with Crippen LogP contribution in [0.5, 0.6) is 0 Å².